The van der Waals surface area contributed by atoms with E-state index >= 15 is 0 Å². The second kappa shape index (κ2) is 15.8. The SMILES string of the molecule is CC/C(C)=C\CNc1ccc(F)c(CC(CCCCCCCc2cccc(C)c2C)CC(C)C)n1. The van der Waals surface area contributed by atoms with Crippen molar-refractivity contribution in [3.8, 4) is 0 Å². The fraction of sp³-hybridized carbons (Fsp3) is 0.594. The Morgan fingerprint density at radius 3 is 2.51 bits per heavy atom. The number of aryl methyl sites for hydroxylation is 2. The van der Waals surface area contributed by atoms with Crippen molar-refractivity contribution in [1.29, 1.82) is 0 Å². The maximum atomic E-state index is 14.6. The van der Waals surface area contributed by atoms with Gasteiger partial charge in [0.2, 0.25) is 0 Å². The van der Waals surface area contributed by atoms with Gasteiger partial charge in [0.15, 0.2) is 0 Å². The van der Waals surface area contributed by atoms with Crippen LogP contribution >= 0.6 is 0 Å². The summed E-state index contributed by atoms with van der Waals surface area (Å²) in [6.45, 7) is 14.0. The molecule has 0 radical (unpaired) electrons. The van der Waals surface area contributed by atoms with E-state index in [1.807, 2.05) is 0 Å². The Kier molecular flexibility index (Phi) is 13.1. The van der Waals surface area contributed by atoms with Crippen molar-refractivity contribution in [2.75, 3.05) is 11.9 Å². The first kappa shape index (κ1) is 29.1. The molecule has 35 heavy (non-hydrogen) atoms. The van der Waals surface area contributed by atoms with E-state index in [4.69, 9.17) is 0 Å². The van der Waals surface area contributed by atoms with Crippen LogP contribution in [0.4, 0.5) is 10.2 Å². The van der Waals surface area contributed by atoms with Crippen LogP contribution in [0.25, 0.3) is 0 Å². The van der Waals surface area contributed by atoms with Gasteiger partial charge in [0.25, 0.3) is 0 Å². The number of rotatable bonds is 16. The first-order valence-corrected chi connectivity index (χ1v) is 13.9. The van der Waals surface area contributed by atoms with Gasteiger partial charge in [-0.1, -0.05) is 82.7 Å². The summed E-state index contributed by atoms with van der Waals surface area (Å²) in [5, 5.41) is 3.33. The predicted octanol–water partition coefficient (Wildman–Crippen LogP) is 9.39. The third-order valence-electron chi connectivity index (χ3n) is 7.27. The van der Waals surface area contributed by atoms with Gasteiger partial charge in [0, 0.05) is 6.54 Å². The summed E-state index contributed by atoms with van der Waals surface area (Å²) < 4.78 is 14.6. The third kappa shape index (κ3) is 11.0. The van der Waals surface area contributed by atoms with Gasteiger partial charge in [-0.3, -0.25) is 0 Å². The average Bonchev–Trinajstić information content (AvgIpc) is 2.82. The van der Waals surface area contributed by atoms with Crippen molar-refractivity contribution in [1.82, 2.24) is 4.98 Å². The highest BCUT2D eigenvalue weighted by molar-refractivity contribution is 5.37. The number of halogens is 1. The number of allylic oxidation sites excluding steroid dienone is 1. The zero-order valence-electron chi connectivity index (χ0n) is 23.2. The van der Waals surface area contributed by atoms with E-state index in [-0.39, 0.29) is 5.82 Å². The molecule has 0 amide bonds. The lowest BCUT2D eigenvalue weighted by Crippen LogP contribution is -2.12. The first-order chi connectivity index (χ1) is 16.8. The van der Waals surface area contributed by atoms with E-state index in [1.54, 1.807) is 12.1 Å². The van der Waals surface area contributed by atoms with Crippen LogP contribution in [0.2, 0.25) is 0 Å². The molecule has 3 heteroatoms. The van der Waals surface area contributed by atoms with Crippen molar-refractivity contribution in [3.63, 3.8) is 0 Å². The first-order valence-electron chi connectivity index (χ1n) is 13.9. The van der Waals surface area contributed by atoms with E-state index in [0.717, 1.165) is 38.0 Å². The highest BCUT2D eigenvalue weighted by Crippen LogP contribution is 2.25. The second-order valence-corrected chi connectivity index (χ2v) is 10.8. The maximum absolute atomic E-state index is 14.6. The van der Waals surface area contributed by atoms with Crippen molar-refractivity contribution < 1.29 is 4.39 Å². The van der Waals surface area contributed by atoms with Crippen LogP contribution in [0.15, 0.2) is 42.0 Å². The summed E-state index contributed by atoms with van der Waals surface area (Å²) in [7, 11) is 0. The molecule has 2 aromatic rings. The molecule has 0 fully saturated rings. The van der Waals surface area contributed by atoms with Gasteiger partial charge >= 0.3 is 0 Å². The van der Waals surface area contributed by atoms with Gasteiger partial charge in [-0.05, 0) is 93.5 Å². The van der Waals surface area contributed by atoms with E-state index < -0.39 is 0 Å². The molecule has 1 heterocycles. The van der Waals surface area contributed by atoms with Crippen molar-refractivity contribution in [2.45, 2.75) is 106 Å². The van der Waals surface area contributed by atoms with Crippen LogP contribution in [0.1, 0.15) is 101 Å². The normalized spacial score (nSPS) is 12.9. The maximum Gasteiger partial charge on any atom is 0.144 e. The van der Waals surface area contributed by atoms with Crippen molar-refractivity contribution >= 4 is 5.82 Å². The topological polar surface area (TPSA) is 24.9 Å². The summed E-state index contributed by atoms with van der Waals surface area (Å²) in [5.41, 5.74) is 6.32. The Hall–Kier alpha value is -2.16. The predicted molar refractivity (Wildman–Crippen MR) is 151 cm³/mol. The molecular weight excluding hydrogens is 431 g/mol. The molecule has 1 aromatic carbocycles. The Labute approximate surface area is 214 Å². The van der Waals surface area contributed by atoms with Gasteiger partial charge in [0.1, 0.15) is 11.6 Å². The lowest BCUT2D eigenvalue weighted by atomic mass is 9.88. The van der Waals surface area contributed by atoms with E-state index in [1.165, 1.54) is 60.8 Å². The fourth-order valence-corrected chi connectivity index (χ4v) is 4.80. The molecule has 0 saturated heterocycles. The molecule has 2 rings (SSSR count). The molecule has 1 N–H and O–H groups in total. The monoisotopic (exact) mass is 480 g/mol. The van der Waals surface area contributed by atoms with E-state index in [2.05, 4.69) is 76.1 Å². The lowest BCUT2D eigenvalue weighted by Gasteiger charge is -2.19. The Morgan fingerprint density at radius 1 is 1.03 bits per heavy atom. The molecule has 1 unspecified atom stereocenters. The van der Waals surface area contributed by atoms with Crippen molar-refractivity contribution in [2.24, 2.45) is 11.8 Å². The Morgan fingerprint density at radius 2 is 1.77 bits per heavy atom. The number of nitrogens with zero attached hydrogens (tertiary/aromatic N) is 1. The van der Waals surface area contributed by atoms with Crippen LogP contribution in [0.3, 0.4) is 0 Å². The average molecular weight is 481 g/mol. The summed E-state index contributed by atoms with van der Waals surface area (Å²) in [5.74, 6) is 1.71. The second-order valence-electron chi connectivity index (χ2n) is 10.8. The molecule has 0 aliphatic carbocycles. The third-order valence-corrected chi connectivity index (χ3v) is 7.27. The highest BCUT2D eigenvalue weighted by Gasteiger charge is 2.16. The number of anilines is 1. The van der Waals surface area contributed by atoms with Gasteiger partial charge in [0.05, 0.1) is 5.69 Å². The summed E-state index contributed by atoms with van der Waals surface area (Å²) in [6, 6.07) is 9.99. The molecule has 194 valence electrons. The zero-order chi connectivity index (χ0) is 25.6. The number of hydrogen-bond acceptors (Lipinski definition) is 2. The van der Waals surface area contributed by atoms with Gasteiger partial charge in [-0.2, -0.15) is 0 Å². The molecule has 0 aliphatic rings. The number of aromatic nitrogens is 1. The minimum absolute atomic E-state index is 0.170. The van der Waals surface area contributed by atoms with E-state index in [9.17, 15) is 4.39 Å². The largest absolute Gasteiger partial charge is 0.367 e. The van der Waals surface area contributed by atoms with Gasteiger partial charge in [-0.25, -0.2) is 9.37 Å². The molecule has 0 spiro atoms. The number of nitrogens with one attached hydrogen (secondary N) is 1. The van der Waals surface area contributed by atoms with Crippen LogP contribution in [0, 0.1) is 31.5 Å². The number of hydrogen-bond donors (Lipinski definition) is 1. The smallest absolute Gasteiger partial charge is 0.144 e. The van der Waals surface area contributed by atoms with Crippen LogP contribution < -0.4 is 5.32 Å². The standard InChI is InChI=1S/C32H49FN2/c1-7-25(4)20-21-34-32-19-18-30(33)31(35-32)23-28(22-24(2)3)15-11-9-8-10-12-16-29-17-13-14-26(5)27(29)6/h13-14,17-20,24,28H,7-12,15-16,21-23H2,1-6H3,(H,34,35)/b25-20-. The summed E-state index contributed by atoms with van der Waals surface area (Å²) in [6.07, 6.45) is 13.8. The van der Waals surface area contributed by atoms with Gasteiger partial charge in [-0.15, -0.1) is 0 Å². The fourth-order valence-electron chi connectivity index (χ4n) is 4.80. The molecule has 1 aromatic heterocycles. The minimum Gasteiger partial charge on any atom is -0.367 e. The molecule has 0 saturated carbocycles. The highest BCUT2D eigenvalue weighted by atomic mass is 19.1. The summed E-state index contributed by atoms with van der Waals surface area (Å²) in [4.78, 5) is 4.64. The van der Waals surface area contributed by atoms with Crippen LogP contribution in [-0.4, -0.2) is 11.5 Å². The number of unbranched alkanes of at least 4 members (excludes halogenated alkanes) is 4. The molecule has 2 nitrogen and oxygen atoms in total. The van der Waals surface area contributed by atoms with Crippen LogP contribution in [0.5, 0.6) is 0 Å². The quantitative estimate of drug-likeness (QED) is 0.191. The molecule has 0 aliphatic heterocycles. The van der Waals surface area contributed by atoms with Crippen LogP contribution in [-0.2, 0) is 12.8 Å². The zero-order valence-corrected chi connectivity index (χ0v) is 23.2. The lowest BCUT2D eigenvalue weighted by molar-refractivity contribution is 0.362. The number of benzene rings is 1. The Bertz CT molecular complexity index is 916. The Balaban J connectivity index is 1.79. The molecule has 0 bridgehead atoms. The summed E-state index contributed by atoms with van der Waals surface area (Å²) >= 11 is 0. The van der Waals surface area contributed by atoms with Crippen molar-refractivity contribution in [3.05, 3.63) is 70.2 Å². The minimum atomic E-state index is -0.170. The van der Waals surface area contributed by atoms with Gasteiger partial charge < -0.3 is 5.32 Å². The molecular formula is C32H49FN2. The number of pyridine rings is 1. The molecule has 1 atom stereocenters. The van der Waals surface area contributed by atoms with E-state index in [0.29, 0.717) is 17.5 Å².